The van der Waals surface area contributed by atoms with Crippen LogP contribution in [0, 0.1) is 0 Å². The van der Waals surface area contributed by atoms with E-state index >= 15 is 0 Å². The molecule has 0 bridgehead atoms. The monoisotopic (exact) mass is 430 g/mol. The van der Waals surface area contributed by atoms with Crippen molar-refractivity contribution in [3.63, 3.8) is 0 Å². The SMILES string of the molecule is C=CCn1c(=NC(=O)c2ccccc2S(C)(=O)=O)sc2cc3c(cc21)OCCO3. The molecule has 0 radical (unpaired) electrons. The summed E-state index contributed by atoms with van der Waals surface area (Å²) in [6, 6.07) is 9.79. The van der Waals surface area contributed by atoms with E-state index in [1.54, 1.807) is 18.2 Å². The molecule has 2 heterocycles. The van der Waals surface area contributed by atoms with Crippen molar-refractivity contribution in [1.29, 1.82) is 0 Å². The quantitative estimate of drug-likeness (QED) is 0.594. The molecule has 1 amide bonds. The van der Waals surface area contributed by atoms with Gasteiger partial charge in [0.2, 0.25) is 0 Å². The fraction of sp³-hybridized carbons (Fsp3) is 0.200. The lowest BCUT2D eigenvalue weighted by Gasteiger charge is -2.18. The summed E-state index contributed by atoms with van der Waals surface area (Å²) >= 11 is 1.32. The van der Waals surface area contributed by atoms with Gasteiger partial charge in [-0.3, -0.25) is 4.79 Å². The molecule has 1 aliphatic rings. The highest BCUT2D eigenvalue weighted by Gasteiger charge is 2.19. The first-order chi connectivity index (χ1) is 13.9. The van der Waals surface area contributed by atoms with Crippen LogP contribution in [0.5, 0.6) is 11.5 Å². The van der Waals surface area contributed by atoms with Crippen molar-refractivity contribution in [1.82, 2.24) is 4.57 Å². The third kappa shape index (κ3) is 3.70. The number of thiazole rings is 1. The molecule has 0 aliphatic carbocycles. The molecule has 0 atom stereocenters. The number of amides is 1. The molecular weight excluding hydrogens is 412 g/mol. The number of hydrogen-bond donors (Lipinski definition) is 0. The Balaban J connectivity index is 1.89. The Morgan fingerprint density at radius 1 is 1.24 bits per heavy atom. The summed E-state index contributed by atoms with van der Waals surface area (Å²) in [6.45, 7) is 5.16. The molecule has 7 nitrogen and oxygen atoms in total. The maximum atomic E-state index is 12.9. The summed E-state index contributed by atoms with van der Waals surface area (Å²) in [5, 5.41) is 0. The lowest BCUT2D eigenvalue weighted by Crippen LogP contribution is -2.18. The molecule has 0 saturated carbocycles. The van der Waals surface area contributed by atoms with E-state index in [1.807, 2.05) is 16.7 Å². The van der Waals surface area contributed by atoms with Crippen molar-refractivity contribution in [2.75, 3.05) is 19.5 Å². The van der Waals surface area contributed by atoms with Crippen LogP contribution in [0.4, 0.5) is 0 Å². The molecular formula is C20H18N2O5S2. The number of carbonyl (C=O) groups excluding carboxylic acids is 1. The van der Waals surface area contributed by atoms with Gasteiger partial charge in [-0.15, -0.1) is 6.58 Å². The second kappa shape index (κ2) is 7.49. The van der Waals surface area contributed by atoms with Gasteiger partial charge in [0, 0.05) is 24.9 Å². The van der Waals surface area contributed by atoms with Crippen LogP contribution in [0.1, 0.15) is 10.4 Å². The van der Waals surface area contributed by atoms with Crippen molar-refractivity contribution in [2.45, 2.75) is 11.4 Å². The predicted molar refractivity (Wildman–Crippen MR) is 110 cm³/mol. The molecule has 0 N–H and O–H groups in total. The molecule has 0 unspecified atom stereocenters. The first-order valence-electron chi connectivity index (χ1n) is 8.80. The lowest BCUT2D eigenvalue weighted by molar-refractivity contribution is 0.0994. The fourth-order valence-electron chi connectivity index (χ4n) is 3.11. The van der Waals surface area contributed by atoms with Gasteiger partial charge < -0.3 is 14.0 Å². The van der Waals surface area contributed by atoms with E-state index in [1.165, 1.54) is 23.5 Å². The summed E-state index contributed by atoms with van der Waals surface area (Å²) in [5.74, 6) is 0.670. The van der Waals surface area contributed by atoms with Gasteiger partial charge in [-0.05, 0) is 12.1 Å². The molecule has 9 heteroatoms. The summed E-state index contributed by atoms with van der Waals surface area (Å²) in [5.41, 5.74) is 0.880. The van der Waals surface area contributed by atoms with E-state index < -0.39 is 15.7 Å². The van der Waals surface area contributed by atoms with Crippen molar-refractivity contribution in [3.05, 3.63) is 59.4 Å². The summed E-state index contributed by atoms with van der Waals surface area (Å²) in [6.07, 6.45) is 2.78. The van der Waals surface area contributed by atoms with Gasteiger partial charge in [-0.25, -0.2) is 8.42 Å². The Hall–Kier alpha value is -2.91. The van der Waals surface area contributed by atoms with Crippen LogP contribution in [-0.2, 0) is 16.4 Å². The third-order valence-electron chi connectivity index (χ3n) is 4.37. The Morgan fingerprint density at radius 3 is 2.62 bits per heavy atom. The van der Waals surface area contributed by atoms with E-state index in [-0.39, 0.29) is 10.5 Å². The number of ether oxygens (including phenoxy) is 2. The zero-order valence-electron chi connectivity index (χ0n) is 15.6. The number of fused-ring (bicyclic) bond motifs is 2. The average molecular weight is 431 g/mol. The van der Waals surface area contributed by atoms with E-state index in [2.05, 4.69) is 11.6 Å². The van der Waals surface area contributed by atoms with E-state index in [4.69, 9.17) is 9.47 Å². The topological polar surface area (TPSA) is 87.0 Å². The smallest absolute Gasteiger partial charge is 0.280 e. The molecule has 29 heavy (non-hydrogen) atoms. The number of carbonyl (C=O) groups is 1. The molecule has 2 aromatic carbocycles. The highest BCUT2D eigenvalue weighted by molar-refractivity contribution is 7.90. The molecule has 1 aromatic heterocycles. The summed E-state index contributed by atoms with van der Waals surface area (Å²) in [7, 11) is -3.56. The average Bonchev–Trinajstić information content (AvgIpc) is 3.02. The molecule has 1 aliphatic heterocycles. The standard InChI is InChI=1S/C20H18N2O5S2/c1-3-8-22-14-11-15-16(27-10-9-26-15)12-17(14)28-20(22)21-19(23)13-6-4-5-7-18(13)29(2,24)25/h3-7,11-12H,1,8-10H2,2H3. The molecule has 4 rings (SSSR count). The number of sulfone groups is 1. The maximum absolute atomic E-state index is 12.9. The number of nitrogens with zero attached hydrogens (tertiary/aromatic N) is 2. The number of rotatable bonds is 4. The van der Waals surface area contributed by atoms with E-state index in [0.717, 1.165) is 16.5 Å². The molecule has 0 fully saturated rings. The largest absolute Gasteiger partial charge is 0.486 e. The minimum absolute atomic E-state index is 0.0394. The van der Waals surface area contributed by atoms with Gasteiger partial charge in [0.1, 0.15) is 13.2 Å². The number of aromatic nitrogens is 1. The molecule has 0 spiro atoms. The first-order valence-corrected chi connectivity index (χ1v) is 11.5. The predicted octanol–water partition coefficient (Wildman–Crippen LogP) is 2.80. The molecule has 150 valence electrons. The first kappa shape index (κ1) is 19.4. The van der Waals surface area contributed by atoms with Gasteiger partial charge in [-0.1, -0.05) is 29.5 Å². The van der Waals surface area contributed by atoms with E-state index in [9.17, 15) is 13.2 Å². The second-order valence-corrected chi connectivity index (χ2v) is 9.43. The Labute approximate surface area is 171 Å². The van der Waals surface area contributed by atoms with Crippen LogP contribution in [-0.4, -0.2) is 38.4 Å². The zero-order valence-corrected chi connectivity index (χ0v) is 17.3. The lowest BCUT2D eigenvalue weighted by atomic mass is 10.2. The Morgan fingerprint density at radius 2 is 1.93 bits per heavy atom. The van der Waals surface area contributed by atoms with Crippen LogP contribution in [0.25, 0.3) is 10.2 Å². The van der Waals surface area contributed by atoms with Crippen molar-refractivity contribution >= 4 is 37.3 Å². The Kier molecular flexibility index (Phi) is 5.01. The zero-order chi connectivity index (χ0) is 20.6. The van der Waals surface area contributed by atoms with Crippen LogP contribution in [0.15, 0.2) is 58.9 Å². The molecule has 3 aromatic rings. The minimum Gasteiger partial charge on any atom is -0.486 e. The normalized spacial score (nSPS) is 14.2. The number of benzene rings is 2. The highest BCUT2D eigenvalue weighted by atomic mass is 32.2. The van der Waals surface area contributed by atoms with Crippen LogP contribution >= 0.6 is 11.3 Å². The summed E-state index contributed by atoms with van der Waals surface area (Å²) in [4.78, 5) is 17.5. The van der Waals surface area contributed by atoms with Gasteiger partial charge >= 0.3 is 0 Å². The van der Waals surface area contributed by atoms with Crippen LogP contribution in [0.3, 0.4) is 0 Å². The number of hydrogen-bond acceptors (Lipinski definition) is 6. The highest BCUT2D eigenvalue weighted by Crippen LogP contribution is 2.35. The van der Waals surface area contributed by atoms with Crippen molar-refractivity contribution in [3.8, 4) is 11.5 Å². The van der Waals surface area contributed by atoms with Gasteiger partial charge in [0.15, 0.2) is 26.1 Å². The number of allylic oxidation sites excluding steroid dienone is 1. The summed E-state index contributed by atoms with van der Waals surface area (Å²) < 4.78 is 38.1. The minimum atomic E-state index is -3.56. The maximum Gasteiger partial charge on any atom is 0.280 e. The Bertz CT molecular complexity index is 1300. The van der Waals surface area contributed by atoms with Gasteiger partial charge in [0.05, 0.1) is 20.7 Å². The molecule has 0 saturated heterocycles. The second-order valence-electron chi connectivity index (χ2n) is 6.43. The fourth-order valence-corrected chi connectivity index (χ4v) is 5.04. The van der Waals surface area contributed by atoms with Crippen molar-refractivity contribution in [2.24, 2.45) is 4.99 Å². The van der Waals surface area contributed by atoms with Crippen molar-refractivity contribution < 1.29 is 22.7 Å². The van der Waals surface area contributed by atoms with Crippen LogP contribution < -0.4 is 14.3 Å². The van der Waals surface area contributed by atoms with Crippen LogP contribution in [0.2, 0.25) is 0 Å². The third-order valence-corrected chi connectivity index (χ3v) is 6.57. The van der Waals surface area contributed by atoms with Gasteiger partial charge in [0.25, 0.3) is 5.91 Å². The van der Waals surface area contributed by atoms with E-state index in [0.29, 0.717) is 36.1 Å². The van der Waals surface area contributed by atoms with Gasteiger partial charge in [-0.2, -0.15) is 4.99 Å².